The summed E-state index contributed by atoms with van der Waals surface area (Å²) in [6.45, 7) is 6.35. The number of nitrogens with two attached hydrogens (primary N) is 1. The van der Waals surface area contributed by atoms with Gasteiger partial charge in [0.1, 0.15) is 5.82 Å². The van der Waals surface area contributed by atoms with Crippen molar-refractivity contribution in [2.75, 3.05) is 0 Å². The minimum absolute atomic E-state index is 0.00296. The summed E-state index contributed by atoms with van der Waals surface area (Å²) in [5.74, 6) is 1.37. The molecule has 1 heterocycles. The first kappa shape index (κ1) is 11.1. The van der Waals surface area contributed by atoms with Gasteiger partial charge in [-0.3, -0.25) is 0 Å². The highest BCUT2D eigenvalue weighted by atomic mass is 15.1. The molecule has 2 rings (SSSR count). The molecule has 0 saturated heterocycles. The highest BCUT2D eigenvalue weighted by Gasteiger charge is 2.18. The van der Waals surface area contributed by atoms with Gasteiger partial charge in [0.15, 0.2) is 0 Å². The quantitative estimate of drug-likeness (QED) is 0.840. The van der Waals surface area contributed by atoms with Crippen LogP contribution < -0.4 is 5.73 Å². The minimum atomic E-state index is -0.00296. The molecule has 3 nitrogen and oxygen atoms in total. The lowest BCUT2D eigenvalue weighted by molar-refractivity contribution is 0.480. The molecule has 0 aliphatic carbocycles. The summed E-state index contributed by atoms with van der Waals surface area (Å²) in [5, 5.41) is 0. The third kappa shape index (κ3) is 1.61. The van der Waals surface area contributed by atoms with E-state index in [-0.39, 0.29) is 6.04 Å². The van der Waals surface area contributed by atoms with Crippen LogP contribution in [0.4, 0.5) is 0 Å². The molecule has 2 N–H and O–H groups in total. The van der Waals surface area contributed by atoms with E-state index >= 15 is 0 Å². The van der Waals surface area contributed by atoms with E-state index in [2.05, 4.69) is 36.4 Å². The number of fused-ring (bicyclic) bond motifs is 1. The van der Waals surface area contributed by atoms with Crippen molar-refractivity contribution in [3.8, 4) is 0 Å². The topological polar surface area (TPSA) is 43.8 Å². The maximum Gasteiger partial charge on any atom is 0.126 e. The summed E-state index contributed by atoms with van der Waals surface area (Å²) in [7, 11) is 2.04. The molecule has 0 unspecified atom stereocenters. The Labute approximate surface area is 96.3 Å². The van der Waals surface area contributed by atoms with E-state index in [1.165, 1.54) is 11.1 Å². The highest BCUT2D eigenvalue weighted by molar-refractivity contribution is 5.79. The van der Waals surface area contributed by atoms with E-state index in [1.807, 2.05) is 19.2 Å². The van der Waals surface area contributed by atoms with E-state index in [4.69, 9.17) is 5.73 Å². The van der Waals surface area contributed by atoms with Gasteiger partial charge in [0, 0.05) is 7.05 Å². The largest absolute Gasteiger partial charge is 0.330 e. The Morgan fingerprint density at radius 2 is 2.00 bits per heavy atom. The van der Waals surface area contributed by atoms with Gasteiger partial charge in [0.2, 0.25) is 0 Å². The molecule has 3 heteroatoms. The fourth-order valence-corrected chi connectivity index (χ4v) is 2.08. The zero-order valence-corrected chi connectivity index (χ0v) is 10.4. The molecule has 0 radical (unpaired) electrons. The summed E-state index contributed by atoms with van der Waals surface area (Å²) < 4.78 is 2.12. The summed E-state index contributed by atoms with van der Waals surface area (Å²) in [6, 6.07) is 6.18. The van der Waals surface area contributed by atoms with E-state index in [0.29, 0.717) is 5.92 Å². The summed E-state index contributed by atoms with van der Waals surface area (Å²) in [4.78, 5) is 4.63. The fourth-order valence-electron chi connectivity index (χ4n) is 2.08. The minimum Gasteiger partial charge on any atom is -0.330 e. The molecule has 86 valence electrons. The first-order chi connectivity index (χ1) is 7.52. The Kier molecular flexibility index (Phi) is 2.72. The third-order valence-corrected chi connectivity index (χ3v) is 3.15. The van der Waals surface area contributed by atoms with Crippen LogP contribution in [0.5, 0.6) is 0 Å². The van der Waals surface area contributed by atoms with Gasteiger partial charge in [0.05, 0.1) is 17.1 Å². The first-order valence-corrected chi connectivity index (χ1v) is 5.70. The standard InChI is InChI=1S/C13H19N3/c1-8(2)11(14)13-15-10-7-5-6-9(3)12(10)16(13)4/h5-8,11H,14H2,1-4H3/t11-/m0/s1. The molecule has 0 amide bonds. The number of nitrogens with zero attached hydrogens (tertiary/aromatic N) is 2. The molecule has 0 aliphatic rings. The van der Waals surface area contributed by atoms with Gasteiger partial charge in [-0.25, -0.2) is 4.98 Å². The van der Waals surface area contributed by atoms with Crippen molar-refractivity contribution >= 4 is 11.0 Å². The summed E-state index contributed by atoms with van der Waals surface area (Å²) in [5.41, 5.74) is 9.64. The Morgan fingerprint density at radius 1 is 1.31 bits per heavy atom. The van der Waals surface area contributed by atoms with Crippen LogP contribution in [0.25, 0.3) is 11.0 Å². The third-order valence-electron chi connectivity index (χ3n) is 3.15. The van der Waals surface area contributed by atoms with Crippen LogP contribution in [-0.2, 0) is 7.05 Å². The van der Waals surface area contributed by atoms with Gasteiger partial charge in [-0.2, -0.15) is 0 Å². The zero-order chi connectivity index (χ0) is 11.9. The van der Waals surface area contributed by atoms with Crippen LogP contribution >= 0.6 is 0 Å². The van der Waals surface area contributed by atoms with Crippen LogP contribution in [0.15, 0.2) is 18.2 Å². The number of benzene rings is 1. The second-order valence-corrected chi connectivity index (χ2v) is 4.74. The monoisotopic (exact) mass is 217 g/mol. The molecule has 0 bridgehead atoms. The smallest absolute Gasteiger partial charge is 0.126 e. The lowest BCUT2D eigenvalue weighted by atomic mass is 10.1. The summed E-state index contributed by atoms with van der Waals surface area (Å²) >= 11 is 0. The molecular formula is C13H19N3. The van der Waals surface area contributed by atoms with Gasteiger partial charge in [-0.05, 0) is 24.5 Å². The molecule has 1 aromatic carbocycles. The molecule has 0 saturated carbocycles. The van der Waals surface area contributed by atoms with Crippen molar-refractivity contribution < 1.29 is 0 Å². The second-order valence-electron chi connectivity index (χ2n) is 4.74. The van der Waals surface area contributed by atoms with Crippen molar-refractivity contribution in [3.05, 3.63) is 29.6 Å². The SMILES string of the molecule is Cc1cccc2nc([C@@H](N)C(C)C)n(C)c12. The van der Waals surface area contributed by atoms with Crippen LogP contribution in [0.2, 0.25) is 0 Å². The predicted octanol–water partition coefficient (Wildman–Crippen LogP) is 2.54. The number of hydrogen-bond acceptors (Lipinski definition) is 2. The van der Waals surface area contributed by atoms with Gasteiger partial charge < -0.3 is 10.3 Å². The van der Waals surface area contributed by atoms with Crippen molar-refractivity contribution in [1.29, 1.82) is 0 Å². The number of para-hydroxylation sites is 1. The number of rotatable bonds is 2. The van der Waals surface area contributed by atoms with Crippen LogP contribution in [0, 0.1) is 12.8 Å². The van der Waals surface area contributed by atoms with Gasteiger partial charge in [-0.1, -0.05) is 26.0 Å². The zero-order valence-electron chi connectivity index (χ0n) is 10.4. The molecular weight excluding hydrogens is 198 g/mol. The fraction of sp³-hybridized carbons (Fsp3) is 0.462. The van der Waals surface area contributed by atoms with Gasteiger partial charge in [-0.15, -0.1) is 0 Å². The van der Waals surface area contributed by atoms with E-state index < -0.39 is 0 Å². The predicted molar refractivity (Wildman–Crippen MR) is 67.2 cm³/mol. The molecule has 0 spiro atoms. The molecule has 1 atom stereocenters. The van der Waals surface area contributed by atoms with Crippen molar-refractivity contribution in [2.45, 2.75) is 26.8 Å². The highest BCUT2D eigenvalue weighted by Crippen LogP contribution is 2.24. The lowest BCUT2D eigenvalue weighted by Crippen LogP contribution is -2.20. The summed E-state index contributed by atoms with van der Waals surface area (Å²) in [6.07, 6.45) is 0. The normalized spacial score (nSPS) is 13.6. The van der Waals surface area contributed by atoms with Gasteiger partial charge in [0.25, 0.3) is 0 Å². The number of imidazole rings is 1. The maximum absolute atomic E-state index is 6.17. The van der Waals surface area contributed by atoms with E-state index in [1.54, 1.807) is 0 Å². The molecule has 1 aromatic heterocycles. The number of aryl methyl sites for hydroxylation is 2. The molecule has 0 aliphatic heterocycles. The Hall–Kier alpha value is -1.35. The molecule has 0 fully saturated rings. The van der Waals surface area contributed by atoms with Crippen LogP contribution in [-0.4, -0.2) is 9.55 Å². The lowest BCUT2D eigenvalue weighted by Gasteiger charge is -2.15. The first-order valence-electron chi connectivity index (χ1n) is 5.70. The molecule has 2 aromatic rings. The van der Waals surface area contributed by atoms with Crippen LogP contribution in [0.1, 0.15) is 31.3 Å². The number of aromatic nitrogens is 2. The maximum atomic E-state index is 6.17. The van der Waals surface area contributed by atoms with E-state index in [9.17, 15) is 0 Å². The second kappa shape index (κ2) is 3.91. The van der Waals surface area contributed by atoms with Crippen LogP contribution in [0.3, 0.4) is 0 Å². The van der Waals surface area contributed by atoms with Crippen molar-refractivity contribution in [2.24, 2.45) is 18.7 Å². The average Bonchev–Trinajstić information content (AvgIpc) is 2.56. The Bertz CT molecular complexity index is 511. The van der Waals surface area contributed by atoms with Crippen molar-refractivity contribution in [1.82, 2.24) is 9.55 Å². The average molecular weight is 217 g/mol. The Morgan fingerprint density at radius 3 is 2.56 bits per heavy atom. The van der Waals surface area contributed by atoms with E-state index in [0.717, 1.165) is 11.3 Å². The Balaban J connectivity index is 2.65. The molecule has 16 heavy (non-hydrogen) atoms. The van der Waals surface area contributed by atoms with Crippen molar-refractivity contribution in [3.63, 3.8) is 0 Å². The number of hydrogen-bond donors (Lipinski definition) is 1. The van der Waals surface area contributed by atoms with Gasteiger partial charge >= 0.3 is 0 Å².